The molecule has 0 aliphatic rings. The molecule has 0 aromatic heterocycles. The molecule has 0 aliphatic carbocycles. The Kier molecular flexibility index (Phi) is 1.90. The van der Waals surface area contributed by atoms with E-state index in [9.17, 15) is 4.39 Å². The third kappa shape index (κ3) is 1.23. The van der Waals surface area contributed by atoms with Crippen molar-refractivity contribution < 1.29 is 14.6 Å². The van der Waals surface area contributed by atoms with E-state index < -0.39 is 11.6 Å². The molecular formula is C6H5BrFNO2. The fraction of sp³-hybridized carbons (Fsp3) is 0. The van der Waals surface area contributed by atoms with E-state index in [1.54, 1.807) is 0 Å². The van der Waals surface area contributed by atoms with Crippen molar-refractivity contribution in [1.82, 2.24) is 0 Å². The zero-order valence-electron chi connectivity index (χ0n) is 5.31. The van der Waals surface area contributed by atoms with Crippen molar-refractivity contribution >= 4 is 21.6 Å². The highest BCUT2D eigenvalue weighted by Gasteiger charge is 2.12. The highest BCUT2D eigenvalue weighted by atomic mass is 79.9. The van der Waals surface area contributed by atoms with Gasteiger partial charge in [0.05, 0.1) is 10.2 Å². The number of anilines is 1. The molecule has 4 N–H and O–H groups in total. The molecule has 0 saturated heterocycles. The third-order valence-electron chi connectivity index (χ3n) is 1.21. The number of nitrogen functional groups attached to an aromatic ring is 1. The van der Waals surface area contributed by atoms with Gasteiger partial charge in [-0.25, -0.2) is 4.39 Å². The summed E-state index contributed by atoms with van der Waals surface area (Å²) in [5.41, 5.74) is 4.98. The van der Waals surface area contributed by atoms with E-state index in [2.05, 4.69) is 15.9 Å². The van der Waals surface area contributed by atoms with Crippen molar-refractivity contribution in [2.24, 2.45) is 0 Å². The molecule has 1 aromatic carbocycles. The van der Waals surface area contributed by atoms with Gasteiger partial charge in [0.15, 0.2) is 11.6 Å². The molecule has 0 saturated carbocycles. The van der Waals surface area contributed by atoms with E-state index in [4.69, 9.17) is 15.9 Å². The van der Waals surface area contributed by atoms with Crippen LogP contribution in [-0.2, 0) is 0 Å². The van der Waals surface area contributed by atoms with Crippen LogP contribution in [-0.4, -0.2) is 10.2 Å². The monoisotopic (exact) mass is 221 g/mol. The molecule has 0 heterocycles. The number of hydrogen-bond acceptors (Lipinski definition) is 3. The summed E-state index contributed by atoms with van der Waals surface area (Å²) in [5, 5.41) is 17.8. The SMILES string of the molecule is Nc1c(O)c(F)cc(O)c1Br. The number of aromatic hydroxyl groups is 2. The Morgan fingerprint density at radius 1 is 1.45 bits per heavy atom. The van der Waals surface area contributed by atoms with E-state index in [1.807, 2.05) is 0 Å². The summed E-state index contributed by atoms with van der Waals surface area (Å²) in [6, 6.07) is 0.774. The molecule has 5 heteroatoms. The molecular weight excluding hydrogens is 217 g/mol. The number of halogens is 2. The average Bonchev–Trinajstić information content (AvgIpc) is 1.97. The zero-order chi connectivity index (χ0) is 8.59. The second-order valence-corrected chi connectivity index (χ2v) is 2.75. The Bertz CT molecular complexity index is 277. The lowest BCUT2D eigenvalue weighted by Crippen LogP contribution is -1.90. The first-order valence-corrected chi connectivity index (χ1v) is 3.48. The fourth-order valence-corrected chi connectivity index (χ4v) is 0.925. The highest BCUT2D eigenvalue weighted by molar-refractivity contribution is 9.10. The van der Waals surface area contributed by atoms with Gasteiger partial charge >= 0.3 is 0 Å². The van der Waals surface area contributed by atoms with Crippen LogP contribution in [0, 0.1) is 5.82 Å². The summed E-state index contributed by atoms with van der Waals surface area (Å²) in [5.74, 6) is -1.93. The Balaban J connectivity index is 3.46. The molecule has 1 rings (SSSR count). The van der Waals surface area contributed by atoms with Crippen LogP contribution < -0.4 is 5.73 Å². The van der Waals surface area contributed by atoms with Gasteiger partial charge in [-0.1, -0.05) is 0 Å². The van der Waals surface area contributed by atoms with Crippen LogP contribution in [0.4, 0.5) is 10.1 Å². The quantitative estimate of drug-likeness (QED) is 0.354. The van der Waals surface area contributed by atoms with Crippen LogP contribution in [0.2, 0.25) is 0 Å². The second-order valence-electron chi connectivity index (χ2n) is 1.95. The molecule has 11 heavy (non-hydrogen) atoms. The topological polar surface area (TPSA) is 66.5 Å². The number of rotatable bonds is 0. The molecule has 1 aromatic rings. The van der Waals surface area contributed by atoms with Crippen LogP contribution in [0.5, 0.6) is 11.5 Å². The molecule has 0 fully saturated rings. The van der Waals surface area contributed by atoms with Crippen LogP contribution in [0.1, 0.15) is 0 Å². The van der Waals surface area contributed by atoms with Gasteiger partial charge in [0.2, 0.25) is 0 Å². The first-order chi connectivity index (χ1) is 5.04. The van der Waals surface area contributed by atoms with Crippen molar-refractivity contribution in [3.05, 3.63) is 16.4 Å². The van der Waals surface area contributed by atoms with Crippen LogP contribution in [0.3, 0.4) is 0 Å². The summed E-state index contributed by atoms with van der Waals surface area (Å²) < 4.78 is 12.6. The van der Waals surface area contributed by atoms with Crippen LogP contribution in [0.15, 0.2) is 10.5 Å². The minimum absolute atomic E-state index is 0.0939. The minimum atomic E-state index is -0.941. The fourth-order valence-electron chi connectivity index (χ4n) is 0.622. The summed E-state index contributed by atoms with van der Waals surface area (Å²) in [4.78, 5) is 0. The minimum Gasteiger partial charge on any atom is -0.507 e. The number of nitrogens with two attached hydrogens (primary N) is 1. The standard InChI is InChI=1S/C6H5BrFNO2/c7-4-3(10)1-2(8)6(11)5(4)9/h1,10-11H,9H2. The molecule has 0 aliphatic heterocycles. The molecule has 0 radical (unpaired) electrons. The maximum Gasteiger partial charge on any atom is 0.176 e. The van der Waals surface area contributed by atoms with Crippen molar-refractivity contribution in [2.45, 2.75) is 0 Å². The summed E-state index contributed by atoms with van der Waals surface area (Å²) in [7, 11) is 0. The van der Waals surface area contributed by atoms with Crippen molar-refractivity contribution in [1.29, 1.82) is 0 Å². The van der Waals surface area contributed by atoms with Gasteiger partial charge in [-0.3, -0.25) is 0 Å². The Hall–Kier alpha value is -0.970. The predicted molar refractivity (Wildman–Crippen MR) is 41.8 cm³/mol. The van der Waals surface area contributed by atoms with Crippen LogP contribution >= 0.6 is 15.9 Å². The van der Waals surface area contributed by atoms with Gasteiger partial charge in [-0.05, 0) is 15.9 Å². The van der Waals surface area contributed by atoms with E-state index in [1.165, 1.54) is 0 Å². The smallest absolute Gasteiger partial charge is 0.176 e. The van der Waals surface area contributed by atoms with Crippen molar-refractivity contribution in [2.75, 3.05) is 5.73 Å². The lowest BCUT2D eigenvalue weighted by atomic mass is 10.2. The van der Waals surface area contributed by atoms with Crippen molar-refractivity contribution in [3.8, 4) is 11.5 Å². The van der Waals surface area contributed by atoms with Gasteiger partial charge in [-0.15, -0.1) is 0 Å². The van der Waals surface area contributed by atoms with E-state index in [0.717, 1.165) is 6.07 Å². The van der Waals surface area contributed by atoms with E-state index >= 15 is 0 Å². The maximum atomic E-state index is 12.5. The molecule has 0 unspecified atom stereocenters. The van der Waals surface area contributed by atoms with E-state index in [-0.39, 0.29) is 15.9 Å². The highest BCUT2D eigenvalue weighted by Crippen LogP contribution is 2.37. The number of hydrogen-bond donors (Lipinski definition) is 3. The second kappa shape index (κ2) is 2.58. The predicted octanol–water partition coefficient (Wildman–Crippen LogP) is 1.58. The lowest BCUT2D eigenvalue weighted by molar-refractivity contribution is 0.422. The third-order valence-corrected chi connectivity index (χ3v) is 2.04. The normalized spacial score (nSPS) is 10.0. The molecule has 0 spiro atoms. The first-order valence-electron chi connectivity index (χ1n) is 2.69. The number of benzene rings is 1. The molecule has 60 valence electrons. The maximum absolute atomic E-state index is 12.5. The molecule has 0 atom stereocenters. The first kappa shape index (κ1) is 8.13. The Morgan fingerprint density at radius 3 is 2.55 bits per heavy atom. The van der Waals surface area contributed by atoms with Gasteiger partial charge < -0.3 is 15.9 Å². The summed E-state index contributed by atoms with van der Waals surface area (Å²) >= 11 is 2.86. The Morgan fingerprint density at radius 2 is 2.00 bits per heavy atom. The molecule has 0 bridgehead atoms. The van der Waals surface area contributed by atoms with Gasteiger partial charge in [0, 0.05) is 6.07 Å². The number of phenolic OH excluding ortho intramolecular Hbond substituents is 2. The van der Waals surface area contributed by atoms with E-state index in [0.29, 0.717) is 0 Å². The number of phenols is 2. The molecule has 3 nitrogen and oxygen atoms in total. The van der Waals surface area contributed by atoms with Crippen LogP contribution in [0.25, 0.3) is 0 Å². The van der Waals surface area contributed by atoms with Gasteiger partial charge in [-0.2, -0.15) is 0 Å². The van der Waals surface area contributed by atoms with Gasteiger partial charge in [0.25, 0.3) is 0 Å². The van der Waals surface area contributed by atoms with Crippen molar-refractivity contribution in [3.63, 3.8) is 0 Å². The largest absolute Gasteiger partial charge is 0.507 e. The Labute approximate surface area is 70.4 Å². The lowest BCUT2D eigenvalue weighted by Gasteiger charge is -2.03. The summed E-state index contributed by atoms with van der Waals surface area (Å²) in [6.45, 7) is 0. The van der Waals surface area contributed by atoms with Gasteiger partial charge in [0.1, 0.15) is 5.75 Å². The zero-order valence-corrected chi connectivity index (χ0v) is 6.89. The molecule has 0 amide bonds. The average molecular weight is 222 g/mol. The summed E-state index contributed by atoms with van der Waals surface area (Å²) in [6.07, 6.45) is 0.